The first kappa shape index (κ1) is 19.3. The minimum atomic E-state index is -0.478. The molecule has 0 saturated carbocycles. The predicted molar refractivity (Wildman–Crippen MR) is 98.2 cm³/mol. The minimum absolute atomic E-state index is 0.00412. The SMILES string of the molecule is CN=C(NCCOc1ncccc1F)N1CCN(C(=O)C2CCCO2)CC1. The van der Waals surface area contributed by atoms with Crippen LogP contribution in [0.15, 0.2) is 23.3 Å². The summed E-state index contributed by atoms with van der Waals surface area (Å²) >= 11 is 0. The van der Waals surface area contributed by atoms with Crippen LogP contribution in [0, 0.1) is 5.82 Å². The number of aromatic nitrogens is 1. The van der Waals surface area contributed by atoms with Gasteiger partial charge in [0.05, 0.1) is 6.54 Å². The highest BCUT2D eigenvalue weighted by molar-refractivity contribution is 5.82. The van der Waals surface area contributed by atoms with Crippen molar-refractivity contribution in [3.8, 4) is 5.88 Å². The fourth-order valence-corrected chi connectivity index (χ4v) is 3.23. The molecule has 1 N–H and O–H groups in total. The third-order valence-corrected chi connectivity index (χ3v) is 4.66. The van der Waals surface area contributed by atoms with Crippen molar-refractivity contribution in [1.29, 1.82) is 0 Å². The fourth-order valence-electron chi connectivity index (χ4n) is 3.23. The summed E-state index contributed by atoms with van der Waals surface area (Å²) in [4.78, 5) is 24.5. The molecule has 2 aliphatic heterocycles. The van der Waals surface area contributed by atoms with Crippen molar-refractivity contribution in [2.45, 2.75) is 18.9 Å². The largest absolute Gasteiger partial charge is 0.474 e. The molecule has 8 nitrogen and oxygen atoms in total. The molecule has 0 radical (unpaired) electrons. The van der Waals surface area contributed by atoms with Gasteiger partial charge in [-0.3, -0.25) is 9.79 Å². The first-order chi connectivity index (χ1) is 13.2. The van der Waals surface area contributed by atoms with Crippen molar-refractivity contribution < 1.29 is 18.7 Å². The van der Waals surface area contributed by atoms with Gasteiger partial charge >= 0.3 is 0 Å². The van der Waals surface area contributed by atoms with E-state index in [1.165, 1.54) is 18.3 Å². The van der Waals surface area contributed by atoms with Crippen LogP contribution in [-0.4, -0.2) is 85.7 Å². The number of guanidine groups is 1. The van der Waals surface area contributed by atoms with Gasteiger partial charge in [-0.15, -0.1) is 0 Å². The quantitative estimate of drug-likeness (QED) is 0.456. The topological polar surface area (TPSA) is 79.3 Å². The molecule has 3 heterocycles. The van der Waals surface area contributed by atoms with Crippen molar-refractivity contribution in [3.63, 3.8) is 0 Å². The summed E-state index contributed by atoms with van der Waals surface area (Å²) in [5.74, 6) is 0.356. The van der Waals surface area contributed by atoms with Crippen LogP contribution < -0.4 is 10.1 Å². The first-order valence-corrected chi connectivity index (χ1v) is 9.28. The number of carbonyl (C=O) groups excluding carboxylic acids is 1. The van der Waals surface area contributed by atoms with Gasteiger partial charge in [0, 0.05) is 46.0 Å². The number of pyridine rings is 1. The van der Waals surface area contributed by atoms with Crippen LogP contribution in [0.2, 0.25) is 0 Å². The van der Waals surface area contributed by atoms with E-state index in [4.69, 9.17) is 9.47 Å². The zero-order valence-corrected chi connectivity index (χ0v) is 15.6. The van der Waals surface area contributed by atoms with E-state index >= 15 is 0 Å². The molecule has 0 aromatic carbocycles. The number of halogens is 1. The zero-order valence-electron chi connectivity index (χ0n) is 15.6. The Morgan fingerprint density at radius 1 is 1.41 bits per heavy atom. The van der Waals surface area contributed by atoms with Crippen LogP contribution in [-0.2, 0) is 9.53 Å². The van der Waals surface area contributed by atoms with E-state index < -0.39 is 5.82 Å². The molecule has 1 unspecified atom stereocenters. The van der Waals surface area contributed by atoms with Crippen LogP contribution >= 0.6 is 0 Å². The number of rotatable bonds is 5. The molecule has 1 amide bonds. The predicted octanol–water partition coefficient (Wildman–Crippen LogP) is 0.498. The van der Waals surface area contributed by atoms with E-state index in [9.17, 15) is 9.18 Å². The van der Waals surface area contributed by atoms with Crippen molar-refractivity contribution in [2.24, 2.45) is 4.99 Å². The van der Waals surface area contributed by atoms with Gasteiger partial charge in [0.25, 0.3) is 5.91 Å². The Morgan fingerprint density at radius 2 is 2.19 bits per heavy atom. The summed E-state index contributed by atoms with van der Waals surface area (Å²) in [6, 6.07) is 2.83. The molecule has 2 aliphatic rings. The second kappa shape index (κ2) is 9.50. The lowest BCUT2D eigenvalue weighted by Gasteiger charge is -2.37. The molecule has 0 bridgehead atoms. The van der Waals surface area contributed by atoms with Crippen LogP contribution in [0.3, 0.4) is 0 Å². The second-order valence-electron chi connectivity index (χ2n) is 6.43. The lowest BCUT2D eigenvalue weighted by atomic mass is 10.2. The molecule has 27 heavy (non-hydrogen) atoms. The molecule has 1 aromatic rings. The average Bonchev–Trinajstić information content (AvgIpc) is 3.24. The highest BCUT2D eigenvalue weighted by Crippen LogP contribution is 2.16. The first-order valence-electron chi connectivity index (χ1n) is 9.28. The Morgan fingerprint density at radius 3 is 2.85 bits per heavy atom. The van der Waals surface area contributed by atoms with Crippen molar-refractivity contribution in [1.82, 2.24) is 20.1 Å². The van der Waals surface area contributed by atoms with Crippen molar-refractivity contribution in [3.05, 3.63) is 24.1 Å². The second-order valence-corrected chi connectivity index (χ2v) is 6.43. The fraction of sp³-hybridized carbons (Fsp3) is 0.611. The molecule has 0 spiro atoms. The molecule has 0 aliphatic carbocycles. The van der Waals surface area contributed by atoms with E-state index in [1.807, 2.05) is 4.90 Å². The number of ether oxygens (including phenoxy) is 2. The third-order valence-electron chi connectivity index (χ3n) is 4.66. The Labute approximate surface area is 158 Å². The summed E-state index contributed by atoms with van der Waals surface area (Å²) in [6.07, 6.45) is 3.00. The van der Waals surface area contributed by atoms with Gasteiger partial charge in [0.15, 0.2) is 11.8 Å². The van der Waals surface area contributed by atoms with Crippen molar-refractivity contribution >= 4 is 11.9 Å². The summed E-state index contributed by atoms with van der Waals surface area (Å²) in [6.45, 7) is 4.12. The highest BCUT2D eigenvalue weighted by atomic mass is 19.1. The van der Waals surface area contributed by atoms with Gasteiger partial charge in [-0.25, -0.2) is 9.37 Å². The highest BCUT2D eigenvalue weighted by Gasteiger charge is 2.30. The van der Waals surface area contributed by atoms with Crippen LogP contribution in [0.5, 0.6) is 5.88 Å². The number of nitrogens with one attached hydrogen (secondary N) is 1. The normalized spacial score (nSPS) is 20.7. The minimum Gasteiger partial charge on any atom is -0.474 e. The van der Waals surface area contributed by atoms with Crippen LogP contribution in [0.25, 0.3) is 0 Å². The van der Waals surface area contributed by atoms with Gasteiger partial charge in [-0.05, 0) is 25.0 Å². The summed E-state index contributed by atoms with van der Waals surface area (Å²) < 4.78 is 24.3. The summed E-state index contributed by atoms with van der Waals surface area (Å²) in [5.41, 5.74) is 0. The van der Waals surface area contributed by atoms with Crippen molar-refractivity contribution in [2.75, 3.05) is 53.0 Å². The Balaban J connectivity index is 1.40. The average molecular weight is 379 g/mol. The lowest BCUT2D eigenvalue weighted by Crippen LogP contribution is -2.55. The maximum atomic E-state index is 13.5. The molecule has 1 atom stereocenters. The third kappa shape index (κ3) is 5.06. The molecule has 3 rings (SSSR count). The van der Waals surface area contributed by atoms with Gasteiger partial charge in [0.2, 0.25) is 5.88 Å². The Kier molecular flexibility index (Phi) is 6.80. The number of nitrogens with zero attached hydrogens (tertiary/aromatic N) is 4. The monoisotopic (exact) mass is 379 g/mol. The number of piperazine rings is 1. The Bertz CT molecular complexity index is 658. The molecule has 9 heteroatoms. The van der Waals surface area contributed by atoms with E-state index in [-0.39, 0.29) is 24.5 Å². The maximum Gasteiger partial charge on any atom is 0.251 e. The summed E-state index contributed by atoms with van der Waals surface area (Å²) in [5, 5.41) is 3.20. The standard InChI is InChI=1S/C18H26FN5O3/c1-20-18(22-7-13-27-16-14(19)4-2-6-21-16)24-10-8-23(9-11-24)17(25)15-5-3-12-26-15/h2,4,6,15H,3,5,7-13H2,1H3,(H,20,22). The number of aliphatic imine (C=N–C) groups is 1. The lowest BCUT2D eigenvalue weighted by molar-refractivity contribution is -0.142. The molecule has 148 valence electrons. The molecular formula is C18H26FN5O3. The van der Waals surface area contributed by atoms with Gasteiger partial charge in [-0.1, -0.05) is 0 Å². The van der Waals surface area contributed by atoms with Crippen LogP contribution in [0.1, 0.15) is 12.8 Å². The number of hydrogen-bond acceptors (Lipinski definition) is 5. The number of hydrogen-bond donors (Lipinski definition) is 1. The number of carbonyl (C=O) groups is 1. The number of amides is 1. The zero-order chi connectivity index (χ0) is 19.1. The van der Waals surface area contributed by atoms with E-state index in [0.717, 1.165) is 18.8 Å². The summed E-state index contributed by atoms with van der Waals surface area (Å²) in [7, 11) is 1.71. The Hall–Kier alpha value is -2.42. The van der Waals surface area contributed by atoms with E-state index in [1.54, 1.807) is 7.05 Å². The van der Waals surface area contributed by atoms with Gasteiger partial charge < -0.3 is 24.6 Å². The smallest absolute Gasteiger partial charge is 0.251 e. The molecule has 1 aromatic heterocycles. The molecule has 2 saturated heterocycles. The van der Waals surface area contributed by atoms with Gasteiger partial charge in [0.1, 0.15) is 12.7 Å². The van der Waals surface area contributed by atoms with Gasteiger partial charge in [-0.2, -0.15) is 0 Å². The van der Waals surface area contributed by atoms with Crippen LogP contribution in [0.4, 0.5) is 4.39 Å². The maximum absolute atomic E-state index is 13.5. The van der Waals surface area contributed by atoms with E-state index in [0.29, 0.717) is 39.3 Å². The van der Waals surface area contributed by atoms with E-state index in [2.05, 4.69) is 20.2 Å². The molecule has 2 fully saturated rings. The molecular weight excluding hydrogens is 353 g/mol.